The Bertz CT molecular complexity index is 677. The number of ether oxygens (including phenoxy) is 1. The van der Waals surface area contributed by atoms with Crippen LogP contribution in [0.25, 0.3) is 10.1 Å². The van der Waals surface area contributed by atoms with Crippen LogP contribution in [-0.4, -0.2) is 32.1 Å². The Kier molecular flexibility index (Phi) is 6.10. The first kappa shape index (κ1) is 17.2. The maximum absolute atomic E-state index is 12.5. The second-order valence-corrected chi connectivity index (χ2v) is 7.41. The normalized spacial score (nSPS) is 15.5. The van der Waals surface area contributed by atoms with Crippen molar-refractivity contribution in [3.8, 4) is 5.75 Å². The number of nitrogens with one attached hydrogen (secondary N) is 2. The van der Waals surface area contributed by atoms with Crippen molar-refractivity contribution in [1.29, 1.82) is 0 Å². The first-order valence-corrected chi connectivity index (χ1v) is 9.68. The number of hydrogen-bond acceptors (Lipinski definition) is 4. The Balaban J connectivity index is 1.48. The van der Waals surface area contributed by atoms with Crippen molar-refractivity contribution in [2.75, 3.05) is 20.2 Å². The first-order valence-electron chi connectivity index (χ1n) is 8.86. The fraction of sp³-hybridized carbons (Fsp3) is 0.526. The number of methoxy groups -OCH3 is 1. The van der Waals surface area contributed by atoms with Crippen LogP contribution < -0.4 is 15.4 Å². The van der Waals surface area contributed by atoms with Gasteiger partial charge in [0.1, 0.15) is 10.6 Å². The molecule has 0 radical (unpaired) electrons. The molecule has 0 aliphatic heterocycles. The average molecular weight is 346 g/mol. The number of fused-ring (bicyclic) bond motifs is 1. The third kappa shape index (κ3) is 4.08. The smallest absolute Gasteiger partial charge is 0.265 e. The SMILES string of the molecule is COc1c(C(=O)NCCCNC2CCCCC2)sc2ccccc12. The zero-order chi connectivity index (χ0) is 16.8. The van der Waals surface area contributed by atoms with Gasteiger partial charge in [-0.15, -0.1) is 11.3 Å². The van der Waals surface area contributed by atoms with E-state index >= 15 is 0 Å². The fourth-order valence-corrected chi connectivity index (χ4v) is 4.45. The molecule has 0 saturated heterocycles. The standard InChI is InChI=1S/C19H26N2O2S/c1-23-17-15-10-5-6-11-16(15)24-18(17)19(22)21-13-7-12-20-14-8-3-2-4-9-14/h5-6,10-11,14,20H,2-4,7-9,12-13H2,1H3,(H,21,22). The van der Waals surface area contributed by atoms with Crippen LogP contribution in [0.2, 0.25) is 0 Å². The molecular weight excluding hydrogens is 320 g/mol. The number of benzene rings is 1. The van der Waals surface area contributed by atoms with Crippen LogP contribution in [0.3, 0.4) is 0 Å². The summed E-state index contributed by atoms with van der Waals surface area (Å²) >= 11 is 1.49. The summed E-state index contributed by atoms with van der Waals surface area (Å²) in [6.45, 7) is 1.66. The van der Waals surface area contributed by atoms with Gasteiger partial charge in [-0.25, -0.2) is 0 Å². The molecule has 1 aromatic carbocycles. The third-order valence-corrected chi connectivity index (χ3v) is 5.79. The van der Waals surface area contributed by atoms with Gasteiger partial charge < -0.3 is 15.4 Å². The quantitative estimate of drug-likeness (QED) is 0.746. The van der Waals surface area contributed by atoms with Gasteiger partial charge >= 0.3 is 0 Å². The number of carbonyl (C=O) groups excluding carboxylic acids is 1. The van der Waals surface area contributed by atoms with Crippen molar-refractivity contribution in [3.63, 3.8) is 0 Å². The van der Waals surface area contributed by atoms with E-state index in [2.05, 4.69) is 10.6 Å². The predicted octanol–water partition coefficient (Wildman–Crippen LogP) is 3.95. The van der Waals surface area contributed by atoms with E-state index in [1.165, 1.54) is 43.4 Å². The summed E-state index contributed by atoms with van der Waals surface area (Å²) in [7, 11) is 1.62. The van der Waals surface area contributed by atoms with Crippen LogP contribution in [-0.2, 0) is 0 Å². The van der Waals surface area contributed by atoms with Crippen molar-refractivity contribution < 1.29 is 9.53 Å². The maximum atomic E-state index is 12.5. The zero-order valence-corrected chi connectivity index (χ0v) is 15.1. The molecule has 24 heavy (non-hydrogen) atoms. The summed E-state index contributed by atoms with van der Waals surface area (Å²) in [5, 5.41) is 7.64. The molecule has 0 atom stereocenters. The molecule has 0 bridgehead atoms. The van der Waals surface area contributed by atoms with Gasteiger partial charge in [0.2, 0.25) is 0 Å². The van der Waals surface area contributed by atoms with Gasteiger partial charge in [-0.3, -0.25) is 4.79 Å². The van der Waals surface area contributed by atoms with Crippen molar-refractivity contribution >= 4 is 27.3 Å². The third-order valence-electron chi connectivity index (χ3n) is 4.64. The molecule has 1 aromatic heterocycles. The van der Waals surface area contributed by atoms with Gasteiger partial charge in [-0.1, -0.05) is 31.4 Å². The number of amides is 1. The molecular formula is C19H26N2O2S. The number of hydrogen-bond donors (Lipinski definition) is 2. The molecule has 0 spiro atoms. The van der Waals surface area contributed by atoms with Gasteiger partial charge in [-0.2, -0.15) is 0 Å². The summed E-state index contributed by atoms with van der Waals surface area (Å²) in [5.41, 5.74) is 0. The molecule has 2 N–H and O–H groups in total. The summed E-state index contributed by atoms with van der Waals surface area (Å²) in [6, 6.07) is 8.65. The number of carbonyl (C=O) groups is 1. The molecule has 1 saturated carbocycles. The van der Waals surface area contributed by atoms with E-state index in [1.807, 2.05) is 24.3 Å². The molecule has 3 rings (SSSR count). The summed E-state index contributed by atoms with van der Waals surface area (Å²) < 4.78 is 6.55. The Morgan fingerprint density at radius 1 is 1.21 bits per heavy atom. The minimum atomic E-state index is -0.0364. The van der Waals surface area contributed by atoms with Gasteiger partial charge in [0.15, 0.2) is 0 Å². The lowest BCUT2D eigenvalue weighted by Crippen LogP contribution is -2.33. The van der Waals surface area contributed by atoms with E-state index in [-0.39, 0.29) is 5.91 Å². The molecule has 1 amide bonds. The van der Waals surface area contributed by atoms with Crippen LogP contribution >= 0.6 is 11.3 Å². The minimum absolute atomic E-state index is 0.0364. The van der Waals surface area contributed by atoms with Gasteiger partial charge in [0.25, 0.3) is 5.91 Å². The summed E-state index contributed by atoms with van der Waals surface area (Å²) in [5.74, 6) is 0.652. The monoisotopic (exact) mass is 346 g/mol. The van der Waals surface area contributed by atoms with Crippen LogP contribution in [0.15, 0.2) is 24.3 Å². The van der Waals surface area contributed by atoms with E-state index in [0.717, 1.165) is 23.1 Å². The van der Waals surface area contributed by atoms with Crippen molar-refractivity contribution in [1.82, 2.24) is 10.6 Å². The Hall–Kier alpha value is -1.59. The second kappa shape index (κ2) is 8.49. The van der Waals surface area contributed by atoms with Crippen LogP contribution in [0.5, 0.6) is 5.75 Å². The Morgan fingerprint density at radius 2 is 2.00 bits per heavy atom. The first-order chi connectivity index (χ1) is 11.8. The molecule has 1 aliphatic rings. The molecule has 5 heteroatoms. The van der Waals surface area contributed by atoms with E-state index in [0.29, 0.717) is 23.2 Å². The topological polar surface area (TPSA) is 50.4 Å². The molecule has 1 aliphatic carbocycles. The van der Waals surface area contributed by atoms with E-state index in [1.54, 1.807) is 7.11 Å². The second-order valence-electron chi connectivity index (χ2n) is 6.36. The lowest BCUT2D eigenvalue weighted by molar-refractivity contribution is 0.0954. The van der Waals surface area contributed by atoms with E-state index in [9.17, 15) is 4.79 Å². The molecule has 2 aromatic rings. The molecule has 0 unspecified atom stereocenters. The highest BCUT2D eigenvalue weighted by atomic mass is 32.1. The van der Waals surface area contributed by atoms with Crippen molar-refractivity contribution in [2.45, 2.75) is 44.6 Å². The van der Waals surface area contributed by atoms with Gasteiger partial charge in [0.05, 0.1) is 7.11 Å². The Morgan fingerprint density at radius 3 is 2.79 bits per heavy atom. The number of rotatable bonds is 7. The fourth-order valence-electron chi connectivity index (χ4n) is 3.36. The molecule has 1 heterocycles. The lowest BCUT2D eigenvalue weighted by Gasteiger charge is -2.22. The highest BCUT2D eigenvalue weighted by molar-refractivity contribution is 7.21. The highest BCUT2D eigenvalue weighted by Gasteiger charge is 2.18. The zero-order valence-electron chi connectivity index (χ0n) is 14.3. The largest absolute Gasteiger partial charge is 0.494 e. The molecule has 1 fully saturated rings. The van der Waals surface area contributed by atoms with Gasteiger partial charge in [0, 0.05) is 22.7 Å². The van der Waals surface area contributed by atoms with Crippen molar-refractivity contribution in [3.05, 3.63) is 29.1 Å². The number of thiophene rings is 1. The Labute approximate surface area is 147 Å². The van der Waals surface area contributed by atoms with Crippen LogP contribution in [0.1, 0.15) is 48.2 Å². The average Bonchev–Trinajstić information content (AvgIpc) is 3.01. The lowest BCUT2D eigenvalue weighted by atomic mass is 9.95. The molecule has 130 valence electrons. The maximum Gasteiger partial charge on any atom is 0.265 e. The minimum Gasteiger partial charge on any atom is -0.494 e. The highest BCUT2D eigenvalue weighted by Crippen LogP contribution is 2.37. The van der Waals surface area contributed by atoms with Gasteiger partial charge in [-0.05, 0) is 37.9 Å². The van der Waals surface area contributed by atoms with Crippen LogP contribution in [0.4, 0.5) is 0 Å². The van der Waals surface area contributed by atoms with E-state index in [4.69, 9.17) is 4.74 Å². The summed E-state index contributed by atoms with van der Waals surface area (Å²) in [6.07, 6.45) is 7.62. The van der Waals surface area contributed by atoms with Crippen molar-refractivity contribution in [2.24, 2.45) is 0 Å². The van der Waals surface area contributed by atoms with E-state index < -0.39 is 0 Å². The summed E-state index contributed by atoms with van der Waals surface area (Å²) in [4.78, 5) is 13.1. The van der Waals surface area contributed by atoms with Crippen LogP contribution in [0, 0.1) is 0 Å². The molecule has 4 nitrogen and oxygen atoms in total. The predicted molar refractivity (Wildman–Crippen MR) is 100 cm³/mol.